The summed E-state index contributed by atoms with van der Waals surface area (Å²) in [5.41, 5.74) is 1.44. The third kappa shape index (κ3) is 2.49. The Hall–Kier alpha value is -2.67. The van der Waals surface area contributed by atoms with E-state index in [1.165, 1.54) is 4.57 Å². The fraction of sp³-hybridized carbons (Fsp3) is 0.188. The lowest BCUT2D eigenvalue weighted by molar-refractivity contribution is 0.0528. The molecule has 0 saturated heterocycles. The van der Waals surface area contributed by atoms with Crippen LogP contribution in [0.4, 0.5) is 0 Å². The summed E-state index contributed by atoms with van der Waals surface area (Å²) in [7, 11) is 1.71. The topological polar surface area (TPSA) is 69.0 Å². The first-order chi connectivity index (χ1) is 11.0. The Kier molecular flexibility index (Phi) is 3.87. The zero-order valence-electron chi connectivity index (χ0n) is 12.7. The third-order valence-corrected chi connectivity index (χ3v) is 3.82. The second-order valence-corrected chi connectivity index (χ2v) is 5.39. The van der Waals surface area contributed by atoms with Crippen LogP contribution in [0.3, 0.4) is 0 Å². The summed E-state index contributed by atoms with van der Waals surface area (Å²) in [6, 6.07) is 9.12. The summed E-state index contributed by atoms with van der Waals surface area (Å²) in [6.07, 6.45) is 1.57. The van der Waals surface area contributed by atoms with E-state index < -0.39 is 5.97 Å². The predicted octanol–water partition coefficient (Wildman–Crippen LogP) is 2.56. The minimum absolute atomic E-state index is 0.227. The Labute approximate surface area is 136 Å². The molecule has 0 aliphatic carbocycles. The standard InChI is InChI=1S/C16H15N3O3S/c1-3-22-15(21)11-9-18(2)13-12(11)17-16(23)19(14(13)20)10-7-5-4-6-8-10/h4-9H,3H2,1-2H3,(H,17,23). The highest BCUT2D eigenvalue weighted by atomic mass is 32.1. The van der Waals surface area contributed by atoms with Gasteiger partial charge in [-0.05, 0) is 31.3 Å². The van der Waals surface area contributed by atoms with Crippen LogP contribution in [0.5, 0.6) is 0 Å². The molecule has 3 rings (SSSR count). The van der Waals surface area contributed by atoms with Crippen LogP contribution >= 0.6 is 12.2 Å². The highest BCUT2D eigenvalue weighted by Gasteiger charge is 2.19. The first kappa shape index (κ1) is 15.2. The minimum atomic E-state index is -0.486. The number of nitrogens with one attached hydrogen (secondary N) is 1. The number of benzene rings is 1. The van der Waals surface area contributed by atoms with Gasteiger partial charge in [-0.25, -0.2) is 4.79 Å². The number of aromatic amines is 1. The molecule has 0 radical (unpaired) electrons. The largest absolute Gasteiger partial charge is 0.462 e. The molecule has 0 aliphatic rings. The fourth-order valence-electron chi connectivity index (χ4n) is 2.55. The van der Waals surface area contributed by atoms with Gasteiger partial charge in [-0.15, -0.1) is 0 Å². The van der Waals surface area contributed by atoms with Gasteiger partial charge in [0.15, 0.2) is 4.77 Å². The van der Waals surface area contributed by atoms with Crippen LogP contribution in [0.2, 0.25) is 0 Å². The maximum absolute atomic E-state index is 12.9. The number of esters is 1. The third-order valence-electron chi connectivity index (χ3n) is 3.53. The van der Waals surface area contributed by atoms with Crippen molar-refractivity contribution in [2.75, 3.05) is 6.61 Å². The monoisotopic (exact) mass is 329 g/mol. The molecule has 0 bridgehead atoms. The first-order valence-electron chi connectivity index (χ1n) is 7.11. The summed E-state index contributed by atoms with van der Waals surface area (Å²) in [4.78, 5) is 27.9. The van der Waals surface area contributed by atoms with Crippen LogP contribution < -0.4 is 5.56 Å². The number of nitrogens with zero attached hydrogens (tertiary/aromatic N) is 2. The number of para-hydroxylation sites is 1. The van der Waals surface area contributed by atoms with Crippen molar-refractivity contribution in [1.82, 2.24) is 14.1 Å². The van der Waals surface area contributed by atoms with E-state index in [4.69, 9.17) is 17.0 Å². The van der Waals surface area contributed by atoms with Gasteiger partial charge >= 0.3 is 5.97 Å². The van der Waals surface area contributed by atoms with Gasteiger partial charge in [0.2, 0.25) is 0 Å². The smallest absolute Gasteiger partial charge is 0.341 e. The van der Waals surface area contributed by atoms with E-state index in [2.05, 4.69) is 4.98 Å². The molecule has 0 amide bonds. The Bertz CT molecular complexity index is 999. The number of aryl methyl sites for hydroxylation is 1. The van der Waals surface area contributed by atoms with Crippen LogP contribution in [-0.2, 0) is 11.8 Å². The molecule has 0 fully saturated rings. The molecule has 7 heteroatoms. The minimum Gasteiger partial charge on any atom is -0.462 e. The lowest BCUT2D eigenvalue weighted by Crippen LogP contribution is -2.22. The molecule has 1 aromatic carbocycles. The average Bonchev–Trinajstić information content (AvgIpc) is 2.85. The van der Waals surface area contributed by atoms with Crippen LogP contribution in [0, 0.1) is 4.77 Å². The Balaban J connectivity index is 2.34. The van der Waals surface area contributed by atoms with E-state index in [-0.39, 0.29) is 16.9 Å². The van der Waals surface area contributed by atoms with Gasteiger partial charge in [0.05, 0.1) is 17.8 Å². The van der Waals surface area contributed by atoms with Crippen molar-refractivity contribution < 1.29 is 9.53 Å². The van der Waals surface area contributed by atoms with Crippen molar-refractivity contribution in [2.24, 2.45) is 7.05 Å². The van der Waals surface area contributed by atoms with Crippen molar-refractivity contribution in [3.63, 3.8) is 0 Å². The van der Waals surface area contributed by atoms with E-state index >= 15 is 0 Å². The summed E-state index contributed by atoms with van der Waals surface area (Å²) in [6.45, 7) is 1.99. The highest BCUT2D eigenvalue weighted by Crippen LogP contribution is 2.18. The molecule has 3 aromatic rings. The second-order valence-electron chi connectivity index (χ2n) is 5.00. The van der Waals surface area contributed by atoms with Gasteiger partial charge in [0.25, 0.3) is 5.56 Å². The Morgan fingerprint density at radius 1 is 1.30 bits per heavy atom. The summed E-state index contributed by atoms with van der Waals surface area (Å²) >= 11 is 5.32. The Morgan fingerprint density at radius 2 is 2.00 bits per heavy atom. The van der Waals surface area contributed by atoms with Crippen LogP contribution in [0.25, 0.3) is 16.7 Å². The number of hydrogen-bond donors (Lipinski definition) is 1. The van der Waals surface area contributed by atoms with Crippen LogP contribution in [0.15, 0.2) is 41.3 Å². The predicted molar refractivity (Wildman–Crippen MR) is 89.7 cm³/mol. The lowest BCUT2D eigenvalue weighted by atomic mass is 10.3. The molecule has 1 N–H and O–H groups in total. The average molecular weight is 329 g/mol. The summed E-state index contributed by atoms with van der Waals surface area (Å²) in [5.74, 6) is -0.486. The second kappa shape index (κ2) is 5.85. The number of carbonyl (C=O) groups is 1. The van der Waals surface area contributed by atoms with Crippen molar-refractivity contribution in [1.29, 1.82) is 0 Å². The van der Waals surface area contributed by atoms with E-state index in [1.807, 2.05) is 18.2 Å². The molecule has 0 spiro atoms. The number of carbonyl (C=O) groups excluding carboxylic acids is 1. The lowest BCUT2D eigenvalue weighted by Gasteiger charge is -2.07. The number of H-pyrrole nitrogens is 1. The molecule has 6 nitrogen and oxygen atoms in total. The van der Waals surface area contributed by atoms with Crippen molar-refractivity contribution >= 4 is 29.2 Å². The molecule has 0 saturated carbocycles. The molecule has 2 heterocycles. The van der Waals surface area contributed by atoms with E-state index in [0.29, 0.717) is 22.3 Å². The normalized spacial score (nSPS) is 10.9. The first-order valence-corrected chi connectivity index (χ1v) is 7.52. The SMILES string of the molecule is CCOC(=O)c1cn(C)c2c(=O)n(-c3ccccc3)c(=S)[nH]c12. The fourth-order valence-corrected chi connectivity index (χ4v) is 2.84. The summed E-state index contributed by atoms with van der Waals surface area (Å²) in [5, 5.41) is 0. The van der Waals surface area contributed by atoms with Gasteiger partial charge < -0.3 is 14.3 Å². The van der Waals surface area contributed by atoms with Crippen LogP contribution in [0.1, 0.15) is 17.3 Å². The van der Waals surface area contributed by atoms with Gasteiger partial charge in [0, 0.05) is 13.2 Å². The number of rotatable bonds is 3. The van der Waals surface area contributed by atoms with Gasteiger partial charge in [-0.2, -0.15) is 0 Å². The van der Waals surface area contributed by atoms with E-state index in [1.54, 1.807) is 36.9 Å². The number of hydrogen-bond acceptors (Lipinski definition) is 4. The number of fused-ring (bicyclic) bond motifs is 1. The maximum atomic E-state index is 12.9. The molecule has 0 aliphatic heterocycles. The van der Waals surface area contributed by atoms with E-state index in [0.717, 1.165) is 0 Å². The summed E-state index contributed by atoms with van der Waals surface area (Å²) < 4.78 is 8.27. The molecular formula is C16H15N3O3S. The van der Waals surface area contributed by atoms with E-state index in [9.17, 15) is 9.59 Å². The highest BCUT2D eigenvalue weighted by molar-refractivity contribution is 7.71. The maximum Gasteiger partial charge on any atom is 0.341 e. The molecule has 0 unspecified atom stereocenters. The van der Waals surface area contributed by atoms with Gasteiger partial charge in [0.1, 0.15) is 11.1 Å². The molecule has 23 heavy (non-hydrogen) atoms. The molecule has 118 valence electrons. The number of ether oxygens (including phenoxy) is 1. The van der Waals surface area contributed by atoms with Crippen molar-refractivity contribution in [3.8, 4) is 5.69 Å². The molecule has 2 aromatic heterocycles. The van der Waals surface area contributed by atoms with Crippen molar-refractivity contribution in [2.45, 2.75) is 6.92 Å². The quantitative estimate of drug-likeness (QED) is 0.592. The van der Waals surface area contributed by atoms with Crippen LogP contribution in [-0.4, -0.2) is 26.7 Å². The van der Waals surface area contributed by atoms with Gasteiger partial charge in [-0.3, -0.25) is 9.36 Å². The van der Waals surface area contributed by atoms with Gasteiger partial charge in [-0.1, -0.05) is 18.2 Å². The molecular weight excluding hydrogens is 314 g/mol. The Morgan fingerprint density at radius 3 is 2.65 bits per heavy atom. The zero-order chi connectivity index (χ0) is 16.6. The zero-order valence-corrected chi connectivity index (χ0v) is 13.5. The van der Waals surface area contributed by atoms with Crippen molar-refractivity contribution in [3.05, 3.63) is 57.2 Å². The number of aromatic nitrogens is 3. The molecule has 0 atom stereocenters.